The predicted octanol–water partition coefficient (Wildman–Crippen LogP) is 4.64. The van der Waals surface area contributed by atoms with Crippen LogP contribution in [-0.4, -0.2) is 23.4 Å². The maximum absolute atomic E-state index is 12.6. The van der Waals surface area contributed by atoms with Crippen molar-refractivity contribution in [1.29, 1.82) is 0 Å². The molecule has 0 saturated heterocycles. The lowest BCUT2D eigenvalue weighted by molar-refractivity contribution is 0.101. The first-order chi connectivity index (χ1) is 13.6. The summed E-state index contributed by atoms with van der Waals surface area (Å²) in [6.45, 7) is 2.34. The zero-order valence-electron chi connectivity index (χ0n) is 15.1. The number of rotatable bonds is 6. The summed E-state index contributed by atoms with van der Waals surface area (Å²) in [5.74, 6) is -0.344. The van der Waals surface area contributed by atoms with E-state index >= 15 is 0 Å². The Hall–Kier alpha value is -3.38. The van der Waals surface area contributed by atoms with Crippen LogP contribution in [0.5, 0.6) is 5.75 Å². The molecule has 0 saturated carbocycles. The molecule has 0 aliphatic carbocycles. The molecule has 3 aromatic rings. The van der Waals surface area contributed by atoms with Crippen molar-refractivity contribution in [3.8, 4) is 5.75 Å². The number of halogens is 1. The first-order valence-electron chi connectivity index (χ1n) is 8.64. The smallest absolute Gasteiger partial charge is 0.274 e. The number of nitrogens with one attached hydrogen (secondary N) is 2. The van der Waals surface area contributed by atoms with Gasteiger partial charge in [-0.2, -0.15) is 0 Å². The van der Waals surface area contributed by atoms with E-state index in [1.54, 1.807) is 48.5 Å². The molecule has 0 radical (unpaired) electrons. The van der Waals surface area contributed by atoms with Crippen LogP contribution in [0.25, 0.3) is 0 Å². The van der Waals surface area contributed by atoms with Gasteiger partial charge in [-0.1, -0.05) is 41.9 Å². The molecule has 0 aliphatic rings. The molecule has 2 aromatic carbocycles. The number of nitrogens with zero attached hydrogens (tertiary/aromatic N) is 1. The molecule has 28 heavy (non-hydrogen) atoms. The van der Waals surface area contributed by atoms with Gasteiger partial charge >= 0.3 is 0 Å². The van der Waals surface area contributed by atoms with Gasteiger partial charge in [0.25, 0.3) is 11.8 Å². The van der Waals surface area contributed by atoms with Crippen LogP contribution in [0.2, 0.25) is 5.02 Å². The summed E-state index contributed by atoms with van der Waals surface area (Å²) in [4.78, 5) is 29.2. The fourth-order valence-corrected chi connectivity index (χ4v) is 2.66. The van der Waals surface area contributed by atoms with Gasteiger partial charge in [-0.15, -0.1) is 0 Å². The molecule has 1 heterocycles. The van der Waals surface area contributed by atoms with Crippen LogP contribution in [0, 0.1) is 0 Å². The molecule has 7 heteroatoms. The Morgan fingerprint density at radius 3 is 2.07 bits per heavy atom. The molecule has 2 N–H and O–H groups in total. The van der Waals surface area contributed by atoms with Crippen molar-refractivity contribution >= 4 is 34.8 Å². The normalized spacial score (nSPS) is 10.2. The second-order valence-corrected chi connectivity index (χ2v) is 6.13. The van der Waals surface area contributed by atoms with Gasteiger partial charge in [0, 0.05) is 0 Å². The van der Waals surface area contributed by atoms with Gasteiger partial charge in [-0.05, 0) is 43.3 Å². The Kier molecular flexibility index (Phi) is 6.24. The number of pyridine rings is 1. The minimum atomic E-state index is -0.461. The van der Waals surface area contributed by atoms with Gasteiger partial charge in [0.05, 0.1) is 23.0 Å². The van der Waals surface area contributed by atoms with E-state index in [1.165, 1.54) is 12.1 Å². The molecular weight excluding hydrogens is 378 g/mol. The van der Waals surface area contributed by atoms with Gasteiger partial charge in [-0.25, -0.2) is 4.98 Å². The number of hydrogen-bond acceptors (Lipinski definition) is 4. The summed E-state index contributed by atoms with van der Waals surface area (Å²) >= 11 is 6.06. The van der Waals surface area contributed by atoms with Gasteiger partial charge in [0.1, 0.15) is 17.1 Å². The quantitative estimate of drug-likeness (QED) is 0.637. The van der Waals surface area contributed by atoms with Crippen LogP contribution < -0.4 is 15.4 Å². The van der Waals surface area contributed by atoms with Gasteiger partial charge in [0.15, 0.2) is 0 Å². The Labute approximate surface area is 167 Å². The fraction of sp³-hybridized carbons (Fsp3) is 0.0952. The standard InChI is InChI=1S/C21H18ClN3O3/c1-2-28-19-13-6-5-10-16(19)25-21(27)18-12-7-11-17(23-18)20(26)24-15-9-4-3-8-14(15)22/h3-13H,2H2,1H3,(H,24,26)(H,25,27). The Balaban J connectivity index is 1.76. The van der Waals surface area contributed by atoms with Crippen LogP contribution in [0.4, 0.5) is 11.4 Å². The summed E-state index contributed by atoms with van der Waals surface area (Å²) in [6, 6.07) is 18.6. The highest BCUT2D eigenvalue weighted by molar-refractivity contribution is 6.33. The third-order valence-electron chi connectivity index (χ3n) is 3.77. The first kappa shape index (κ1) is 19.4. The summed E-state index contributed by atoms with van der Waals surface area (Å²) in [7, 11) is 0. The van der Waals surface area contributed by atoms with Gasteiger partial charge < -0.3 is 15.4 Å². The van der Waals surface area contributed by atoms with E-state index in [-0.39, 0.29) is 11.4 Å². The van der Waals surface area contributed by atoms with E-state index in [0.717, 1.165) is 0 Å². The number of carbonyl (C=O) groups is 2. The van der Waals surface area contributed by atoms with Crippen LogP contribution >= 0.6 is 11.6 Å². The topological polar surface area (TPSA) is 80.3 Å². The molecular formula is C21H18ClN3O3. The van der Waals surface area contributed by atoms with Crippen LogP contribution in [0.3, 0.4) is 0 Å². The minimum absolute atomic E-state index is 0.102. The lowest BCUT2D eigenvalue weighted by Crippen LogP contribution is -2.19. The number of carbonyl (C=O) groups excluding carboxylic acids is 2. The molecule has 0 aliphatic heterocycles. The number of benzene rings is 2. The van der Waals surface area contributed by atoms with Crippen LogP contribution in [-0.2, 0) is 0 Å². The average molecular weight is 396 g/mol. The molecule has 3 rings (SSSR count). The lowest BCUT2D eigenvalue weighted by Gasteiger charge is -2.11. The van der Waals surface area contributed by atoms with E-state index in [4.69, 9.17) is 16.3 Å². The van der Waals surface area contributed by atoms with Crippen molar-refractivity contribution in [2.45, 2.75) is 6.92 Å². The highest BCUT2D eigenvalue weighted by Gasteiger charge is 2.15. The third-order valence-corrected chi connectivity index (χ3v) is 4.10. The van der Waals surface area contributed by atoms with E-state index in [0.29, 0.717) is 28.8 Å². The highest BCUT2D eigenvalue weighted by atomic mass is 35.5. The SMILES string of the molecule is CCOc1ccccc1NC(=O)c1cccc(C(=O)Nc2ccccc2Cl)n1. The number of aromatic nitrogens is 1. The molecule has 1 aromatic heterocycles. The van der Waals surface area contributed by atoms with Crippen molar-refractivity contribution < 1.29 is 14.3 Å². The second kappa shape index (κ2) is 9.01. The molecule has 2 amide bonds. The maximum Gasteiger partial charge on any atom is 0.274 e. The van der Waals surface area contributed by atoms with Crippen molar-refractivity contribution in [2.75, 3.05) is 17.2 Å². The summed E-state index contributed by atoms with van der Waals surface area (Å²) in [6.07, 6.45) is 0. The zero-order valence-corrected chi connectivity index (χ0v) is 15.9. The Bertz CT molecular complexity index is 1010. The zero-order chi connectivity index (χ0) is 19.9. The van der Waals surface area contributed by atoms with Crippen molar-refractivity contribution in [3.05, 3.63) is 83.1 Å². The van der Waals surface area contributed by atoms with Gasteiger partial charge in [0.2, 0.25) is 0 Å². The Morgan fingerprint density at radius 2 is 1.43 bits per heavy atom. The predicted molar refractivity (Wildman–Crippen MR) is 109 cm³/mol. The molecule has 0 bridgehead atoms. The lowest BCUT2D eigenvalue weighted by atomic mass is 10.2. The number of amides is 2. The monoisotopic (exact) mass is 395 g/mol. The number of hydrogen-bond donors (Lipinski definition) is 2. The first-order valence-corrected chi connectivity index (χ1v) is 9.02. The van der Waals surface area contributed by atoms with Crippen LogP contribution in [0.15, 0.2) is 66.7 Å². The van der Waals surface area contributed by atoms with E-state index in [9.17, 15) is 9.59 Å². The van der Waals surface area contributed by atoms with Crippen LogP contribution in [0.1, 0.15) is 27.9 Å². The molecule has 0 spiro atoms. The largest absolute Gasteiger partial charge is 0.492 e. The third kappa shape index (κ3) is 4.66. The van der Waals surface area contributed by atoms with Crippen molar-refractivity contribution in [2.24, 2.45) is 0 Å². The molecule has 0 unspecified atom stereocenters. The highest BCUT2D eigenvalue weighted by Crippen LogP contribution is 2.24. The van der Waals surface area contributed by atoms with E-state index in [1.807, 2.05) is 13.0 Å². The summed E-state index contributed by atoms with van der Waals surface area (Å²) < 4.78 is 5.50. The van der Waals surface area contributed by atoms with Crippen molar-refractivity contribution in [1.82, 2.24) is 4.98 Å². The molecule has 0 fully saturated rings. The minimum Gasteiger partial charge on any atom is -0.492 e. The van der Waals surface area contributed by atoms with Gasteiger partial charge in [-0.3, -0.25) is 9.59 Å². The molecule has 0 atom stereocenters. The average Bonchev–Trinajstić information content (AvgIpc) is 2.71. The maximum atomic E-state index is 12.6. The number of anilines is 2. The molecule has 142 valence electrons. The van der Waals surface area contributed by atoms with E-state index in [2.05, 4.69) is 15.6 Å². The molecule has 6 nitrogen and oxygen atoms in total. The van der Waals surface area contributed by atoms with Crippen molar-refractivity contribution in [3.63, 3.8) is 0 Å². The summed E-state index contributed by atoms with van der Waals surface area (Å²) in [5.41, 5.74) is 1.21. The second-order valence-electron chi connectivity index (χ2n) is 5.73. The fourth-order valence-electron chi connectivity index (χ4n) is 2.47. The Morgan fingerprint density at radius 1 is 0.857 bits per heavy atom. The van der Waals surface area contributed by atoms with E-state index < -0.39 is 11.8 Å². The number of para-hydroxylation sites is 3. The summed E-state index contributed by atoms with van der Waals surface area (Å²) in [5, 5.41) is 5.85. The number of ether oxygens (including phenoxy) is 1.